The van der Waals surface area contributed by atoms with Crippen molar-refractivity contribution < 1.29 is 0 Å². The molecule has 0 amide bonds. The molecule has 0 atom stereocenters. The van der Waals surface area contributed by atoms with E-state index in [4.69, 9.17) is 17.3 Å². The first-order chi connectivity index (χ1) is 9.79. The van der Waals surface area contributed by atoms with E-state index < -0.39 is 0 Å². The van der Waals surface area contributed by atoms with Crippen molar-refractivity contribution in [2.24, 2.45) is 5.73 Å². The van der Waals surface area contributed by atoms with Gasteiger partial charge in [-0.3, -0.25) is 4.98 Å². The van der Waals surface area contributed by atoms with Gasteiger partial charge in [-0.25, -0.2) is 4.98 Å². The molecule has 2 N–H and O–H groups in total. The summed E-state index contributed by atoms with van der Waals surface area (Å²) in [7, 11) is 0. The maximum absolute atomic E-state index is 6.19. The number of nitrogens with zero attached hydrogens (tertiary/aromatic N) is 2. The summed E-state index contributed by atoms with van der Waals surface area (Å²) in [6.45, 7) is 0.435. The molecule has 2 heterocycles. The molecule has 100 valence electrons. The summed E-state index contributed by atoms with van der Waals surface area (Å²) in [5.74, 6) is 0. The number of aromatic nitrogens is 2. The van der Waals surface area contributed by atoms with Crippen molar-refractivity contribution in [1.82, 2.24) is 9.97 Å². The first-order valence-corrected chi connectivity index (χ1v) is 7.34. The van der Waals surface area contributed by atoms with Crippen LogP contribution in [0.25, 0.3) is 10.9 Å². The van der Waals surface area contributed by atoms with Gasteiger partial charge in [-0.1, -0.05) is 41.6 Å². The van der Waals surface area contributed by atoms with Gasteiger partial charge in [0.2, 0.25) is 0 Å². The van der Waals surface area contributed by atoms with Gasteiger partial charge in [-0.2, -0.15) is 0 Å². The van der Waals surface area contributed by atoms with Crippen LogP contribution in [-0.4, -0.2) is 9.97 Å². The minimum atomic E-state index is 0.435. The maximum atomic E-state index is 6.19. The SMILES string of the molecule is NCc1cnc2ccccc2c1Sc1ncccc1Cl. The highest BCUT2D eigenvalue weighted by atomic mass is 35.5. The summed E-state index contributed by atoms with van der Waals surface area (Å²) in [4.78, 5) is 9.82. The van der Waals surface area contributed by atoms with Crippen LogP contribution >= 0.6 is 23.4 Å². The van der Waals surface area contributed by atoms with E-state index in [1.54, 1.807) is 6.20 Å². The van der Waals surface area contributed by atoms with Gasteiger partial charge in [-0.15, -0.1) is 0 Å². The third-order valence-electron chi connectivity index (χ3n) is 2.94. The fraction of sp³-hybridized carbons (Fsp3) is 0.0667. The second-order valence-electron chi connectivity index (χ2n) is 4.23. The van der Waals surface area contributed by atoms with Gasteiger partial charge < -0.3 is 5.73 Å². The average Bonchev–Trinajstić information content (AvgIpc) is 2.50. The summed E-state index contributed by atoms with van der Waals surface area (Å²) in [6, 6.07) is 11.7. The molecule has 0 fully saturated rings. The van der Waals surface area contributed by atoms with Crippen LogP contribution in [0.3, 0.4) is 0 Å². The highest BCUT2D eigenvalue weighted by molar-refractivity contribution is 7.99. The molecule has 0 aliphatic carbocycles. The lowest BCUT2D eigenvalue weighted by Gasteiger charge is -2.11. The summed E-state index contributed by atoms with van der Waals surface area (Å²) in [5.41, 5.74) is 7.77. The number of hydrogen-bond donors (Lipinski definition) is 1. The van der Waals surface area contributed by atoms with Crippen molar-refractivity contribution in [3.8, 4) is 0 Å². The van der Waals surface area contributed by atoms with E-state index in [0.29, 0.717) is 11.6 Å². The summed E-state index contributed by atoms with van der Waals surface area (Å²) >= 11 is 7.72. The molecular weight excluding hydrogens is 290 g/mol. The number of benzene rings is 1. The Morgan fingerprint density at radius 2 is 1.95 bits per heavy atom. The summed E-state index contributed by atoms with van der Waals surface area (Å²) < 4.78 is 0. The van der Waals surface area contributed by atoms with Crippen molar-refractivity contribution in [2.45, 2.75) is 16.5 Å². The molecular formula is C15H12ClN3S. The predicted octanol–water partition coefficient (Wildman–Crippen LogP) is 3.89. The topological polar surface area (TPSA) is 51.8 Å². The summed E-state index contributed by atoms with van der Waals surface area (Å²) in [6.07, 6.45) is 3.56. The lowest BCUT2D eigenvalue weighted by molar-refractivity contribution is 1.02. The first kappa shape index (κ1) is 13.4. The molecule has 3 rings (SSSR count). The molecule has 2 aromatic heterocycles. The normalized spacial score (nSPS) is 10.9. The van der Waals surface area contributed by atoms with E-state index >= 15 is 0 Å². The van der Waals surface area contributed by atoms with Crippen molar-refractivity contribution in [1.29, 1.82) is 0 Å². The summed E-state index contributed by atoms with van der Waals surface area (Å²) in [5, 5.41) is 2.49. The van der Waals surface area contributed by atoms with Crippen molar-refractivity contribution in [3.05, 3.63) is 59.4 Å². The fourth-order valence-corrected chi connectivity index (χ4v) is 3.23. The first-order valence-electron chi connectivity index (χ1n) is 6.14. The zero-order valence-electron chi connectivity index (χ0n) is 10.6. The Morgan fingerprint density at radius 3 is 2.75 bits per heavy atom. The monoisotopic (exact) mass is 301 g/mol. The standard InChI is InChI=1S/C15H12ClN3S/c16-12-5-3-7-18-15(12)20-14-10(8-17)9-19-13-6-2-1-4-11(13)14/h1-7,9H,8,17H2. The molecule has 0 radical (unpaired) electrons. The van der Waals surface area contributed by atoms with Crippen LogP contribution in [0.15, 0.2) is 58.7 Å². The molecule has 0 aliphatic heterocycles. The third kappa shape index (κ3) is 2.50. The van der Waals surface area contributed by atoms with Crippen LogP contribution in [0.5, 0.6) is 0 Å². The van der Waals surface area contributed by atoms with Gasteiger partial charge in [0.05, 0.1) is 10.5 Å². The minimum absolute atomic E-state index is 0.435. The predicted molar refractivity (Wildman–Crippen MR) is 83.0 cm³/mol. The molecule has 0 saturated heterocycles. The van der Waals surface area contributed by atoms with Gasteiger partial charge in [0.15, 0.2) is 0 Å². The Labute approximate surface area is 126 Å². The highest BCUT2D eigenvalue weighted by Crippen LogP contribution is 2.37. The Hall–Kier alpha value is -1.62. The lowest BCUT2D eigenvalue weighted by Crippen LogP contribution is -2.00. The van der Waals surface area contributed by atoms with Crippen molar-refractivity contribution >= 4 is 34.3 Å². The zero-order chi connectivity index (χ0) is 13.9. The molecule has 0 spiro atoms. The molecule has 0 saturated carbocycles. The lowest BCUT2D eigenvalue weighted by atomic mass is 10.1. The van der Waals surface area contributed by atoms with Crippen LogP contribution in [0, 0.1) is 0 Å². The van der Waals surface area contributed by atoms with E-state index in [1.165, 1.54) is 11.8 Å². The number of fused-ring (bicyclic) bond motifs is 1. The Morgan fingerprint density at radius 1 is 1.10 bits per heavy atom. The van der Waals surface area contributed by atoms with E-state index in [-0.39, 0.29) is 0 Å². The van der Waals surface area contributed by atoms with Crippen molar-refractivity contribution in [2.75, 3.05) is 0 Å². The number of nitrogens with two attached hydrogens (primary N) is 1. The average molecular weight is 302 g/mol. The highest BCUT2D eigenvalue weighted by Gasteiger charge is 2.11. The molecule has 20 heavy (non-hydrogen) atoms. The fourth-order valence-electron chi connectivity index (χ4n) is 1.97. The quantitative estimate of drug-likeness (QED) is 0.797. The van der Waals surface area contributed by atoms with Crippen LogP contribution in [0.4, 0.5) is 0 Å². The Kier molecular flexibility index (Phi) is 3.87. The molecule has 0 aliphatic rings. The molecule has 5 heteroatoms. The second-order valence-corrected chi connectivity index (χ2v) is 5.63. The third-order valence-corrected chi connectivity index (χ3v) is 4.57. The van der Waals surface area contributed by atoms with Crippen molar-refractivity contribution in [3.63, 3.8) is 0 Å². The van der Waals surface area contributed by atoms with Crippen LogP contribution in [-0.2, 0) is 6.54 Å². The van der Waals surface area contributed by atoms with Crippen LogP contribution < -0.4 is 5.73 Å². The maximum Gasteiger partial charge on any atom is 0.119 e. The largest absolute Gasteiger partial charge is 0.326 e. The van der Waals surface area contributed by atoms with E-state index in [1.807, 2.05) is 42.6 Å². The van der Waals surface area contributed by atoms with E-state index in [9.17, 15) is 0 Å². The van der Waals surface area contributed by atoms with Gasteiger partial charge in [0, 0.05) is 29.2 Å². The number of halogens is 1. The van der Waals surface area contributed by atoms with Crippen LogP contribution in [0.2, 0.25) is 5.02 Å². The van der Waals surface area contributed by atoms with E-state index in [2.05, 4.69) is 9.97 Å². The van der Waals surface area contributed by atoms with Gasteiger partial charge >= 0.3 is 0 Å². The Bertz CT molecular complexity index is 761. The molecule has 3 nitrogen and oxygen atoms in total. The van der Waals surface area contributed by atoms with Gasteiger partial charge in [-0.05, 0) is 23.8 Å². The van der Waals surface area contributed by atoms with Gasteiger partial charge in [0.1, 0.15) is 5.03 Å². The van der Waals surface area contributed by atoms with E-state index in [0.717, 1.165) is 26.4 Å². The number of pyridine rings is 2. The molecule has 1 aromatic carbocycles. The molecule has 0 unspecified atom stereocenters. The minimum Gasteiger partial charge on any atom is -0.326 e. The Balaban J connectivity index is 2.16. The molecule has 3 aromatic rings. The number of rotatable bonds is 3. The smallest absolute Gasteiger partial charge is 0.119 e. The second kappa shape index (κ2) is 5.79. The zero-order valence-corrected chi connectivity index (χ0v) is 12.2. The number of para-hydroxylation sites is 1. The van der Waals surface area contributed by atoms with Crippen LogP contribution in [0.1, 0.15) is 5.56 Å². The molecule has 0 bridgehead atoms. The number of hydrogen-bond acceptors (Lipinski definition) is 4. The van der Waals surface area contributed by atoms with Gasteiger partial charge in [0.25, 0.3) is 0 Å².